The molecular formula is C12H14F3NO2. The molecule has 0 saturated heterocycles. The number of rotatable bonds is 4. The van der Waals surface area contributed by atoms with Crippen LogP contribution in [0.5, 0.6) is 0 Å². The van der Waals surface area contributed by atoms with Gasteiger partial charge >= 0.3 is 0 Å². The van der Waals surface area contributed by atoms with Gasteiger partial charge in [-0.1, -0.05) is 0 Å². The second kappa shape index (κ2) is 5.39. The van der Waals surface area contributed by atoms with Crippen molar-refractivity contribution in [3.63, 3.8) is 0 Å². The molecule has 0 aliphatic heterocycles. The fourth-order valence-corrected chi connectivity index (χ4v) is 1.18. The van der Waals surface area contributed by atoms with Gasteiger partial charge in [-0.3, -0.25) is 4.79 Å². The van der Waals surface area contributed by atoms with Gasteiger partial charge in [0, 0.05) is 25.3 Å². The maximum Gasteiger partial charge on any atom is 0.251 e. The summed E-state index contributed by atoms with van der Waals surface area (Å²) in [5, 5.41) is 2.38. The van der Waals surface area contributed by atoms with E-state index in [0.717, 1.165) is 0 Å². The van der Waals surface area contributed by atoms with Crippen LogP contribution in [0.25, 0.3) is 0 Å². The number of hydrogen-bond donors (Lipinski definition) is 1. The van der Waals surface area contributed by atoms with Crippen LogP contribution < -0.4 is 5.32 Å². The number of methoxy groups -OCH3 is 1. The Morgan fingerprint density at radius 2 is 1.78 bits per heavy atom. The number of hydrogen-bond acceptors (Lipinski definition) is 2. The third-order valence-electron chi connectivity index (χ3n) is 2.59. The fraction of sp³-hybridized carbons (Fsp3) is 0.417. The van der Waals surface area contributed by atoms with Crippen LogP contribution in [0.3, 0.4) is 0 Å². The van der Waals surface area contributed by atoms with E-state index in [1.807, 2.05) is 0 Å². The lowest BCUT2D eigenvalue weighted by molar-refractivity contribution is -0.139. The van der Waals surface area contributed by atoms with E-state index in [0.29, 0.717) is 12.1 Å². The molecule has 1 N–H and O–H groups in total. The Hall–Kier alpha value is -1.56. The lowest BCUT2D eigenvalue weighted by Crippen LogP contribution is -2.43. The summed E-state index contributed by atoms with van der Waals surface area (Å²) in [6.07, 6.45) is 0. The van der Waals surface area contributed by atoms with Gasteiger partial charge in [0.1, 0.15) is 11.4 Å². The predicted octanol–water partition coefficient (Wildman–Crippen LogP) is 2.15. The molecule has 0 fully saturated rings. The normalized spacial score (nSPS) is 11.4. The molecule has 0 aliphatic carbocycles. The van der Waals surface area contributed by atoms with Gasteiger partial charge in [0.2, 0.25) is 0 Å². The van der Waals surface area contributed by atoms with E-state index in [-0.39, 0.29) is 12.1 Å². The van der Waals surface area contributed by atoms with E-state index in [9.17, 15) is 18.0 Å². The first-order valence-corrected chi connectivity index (χ1v) is 5.25. The van der Waals surface area contributed by atoms with Crippen molar-refractivity contribution in [2.24, 2.45) is 0 Å². The van der Waals surface area contributed by atoms with E-state index in [4.69, 9.17) is 4.74 Å². The summed E-state index contributed by atoms with van der Waals surface area (Å²) in [6, 6.07) is 1.16. The van der Waals surface area contributed by atoms with Crippen molar-refractivity contribution in [3.05, 3.63) is 35.1 Å². The largest absolute Gasteiger partial charge is 0.369 e. The van der Waals surface area contributed by atoms with Crippen molar-refractivity contribution in [1.29, 1.82) is 0 Å². The van der Waals surface area contributed by atoms with Crippen LogP contribution in [0.4, 0.5) is 13.2 Å². The minimum Gasteiger partial charge on any atom is -0.369 e. The summed E-state index contributed by atoms with van der Waals surface area (Å²) in [4.78, 5) is 11.6. The monoisotopic (exact) mass is 261 g/mol. The summed E-state index contributed by atoms with van der Waals surface area (Å²) in [5.41, 5.74) is -1.20. The molecule has 0 heterocycles. The highest BCUT2D eigenvalue weighted by molar-refractivity contribution is 5.84. The molecule has 6 heteroatoms. The van der Waals surface area contributed by atoms with Gasteiger partial charge in [0.05, 0.1) is 0 Å². The Balaban J connectivity index is 2.76. The van der Waals surface area contributed by atoms with Gasteiger partial charge in [-0.25, -0.2) is 13.2 Å². The van der Waals surface area contributed by atoms with Crippen LogP contribution in [-0.2, 0) is 16.1 Å². The highest BCUT2D eigenvalue weighted by Gasteiger charge is 2.26. The fourth-order valence-electron chi connectivity index (χ4n) is 1.18. The molecular weight excluding hydrogens is 247 g/mol. The highest BCUT2D eigenvalue weighted by Crippen LogP contribution is 2.14. The minimum absolute atomic E-state index is 0.130. The van der Waals surface area contributed by atoms with Crippen LogP contribution in [0.2, 0.25) is 0 Å². The molecule has 0 aromatic heterocycles. The summed E-state index contributed by atoms with van der Waals surface area (Å²) in [6.45, 7) is 2.82. The van der Waals surface area contributed by atoms with Gasteiger partial charge in [0.15, 0.2) is 11.6 Å². The number of halogens is 3. The van der Waals surface area contributed by atoms with Crippen molar-refractivity contribution >= 4 is 5.91 Å². The topological polar surface area (TPSA) is 38.3 Å². The molecule has 0 atom stereocenters. The molecule has 1 rings (SSSR count). The van der Waals surface area contributed by atoms with Gasteiger partial charge < -0.3 is 10.1 Å². The summed E-state index contributed by atoms with van der Waals surface area (Å²) in [7, 11) is 1.36. The van der Waals surface area contributed by atoms with E-state index in [2.05, 4.69) is 5.32 Å². The number of benzene rings is 1. The molecule has 1 aromatic rings. The summed E-state index contributed by atoms with van der Waals surface area (Å²) < 4.78 is 43.8. The first kappa shape index (κ1) is 14.5. The minimum atomic E-state index is -1.26. The number of amides is 1. The van der Waals surface area contributed by atoms with Crippen LogP contribution >= 0.6 is 0 Å². The van der Waals surface area contributed by atoms with Gasteiger partial charge in [-0.15, -0.1) is 0 Å². The van der Waals surface area contributed by atoms with Crippen molar-refractivity contribution < 1.29 is 22.7 Å². The number of nitrogens with one attached hydrogen (secondary N) is 1. The molecule has 18 heavy (non-hydrogen) atoms. The van der Waals surface area contributed by atoms with E-state index in [1.165, 1.54) is 21.0 Å². The van der Waals surface area contributed by atoms with Gasteiger partial charge in [-0.2, -0.15) is 0 Å². The Bertz CT molecular complexity index is 461. The smallest absolute Gasteiger partial charge is 0.251 e. The molecule has 0 bridgehead atoms. The number of ether oxygens (including phenoxy) is 1. The van der Waals surface area contributed by atoms with Crippen LogP contribution in [0, 0.1) is 17.5 Å². The molecule has 0 unspecified atom stereocenters. The van der Waals surface area contributed by atoms with E-state index in [1.54, 1.807) is 0 Å². The lowest BCUT2D eigenvalue weighted by Gasteiger charge is -2.21. The van der Waals surface area contributed by atoms with Crippen molar-refractivity contribution in [3.8, 4) is 0 Å². The van der Waals surface area contributed by atoms with Crippen LogP contribution in [0.1, 0.15) is 19.4 Å². The Morgan fingerprint density at radius 3 is 2.33 bits per heavy atom. The first-order valence-electron chi connectivity index (χ1n) is 5.25. The quantitative estimate of drug-likeness (QED) is 0.843. The molecule has 0 saturated carbocycles. The standard InChI is InChI=1S/C12H14F3NO2/c1-12(2,18-3)11(17)16-6-7-4-9(14)10(15)5-8(7)13/h4-5H,6H2,1-3H3,(H,16,17). The number of carbonyl (C=O) groups is 1. The van der Waals surface area contributed by atoms with Crippen molar-refractivity contribution in [1.82, 2.24) is 5.32 Å². The van der Waals surface area contributed by atoms with Crippen molar-refractivity contribution in [2.45, 2.75) is 26.0 Å². The Morgan fingerprint density at radius 1 is 1.22 bits per heavy atom. The molecule has 1 aromatic carbocycles. The van der Waals surface area contributed by atoms with Crippen LogP contribution in [0.15, 0.2) is 12.1 Å². The average molecular weight is 261 g/mol. The zero-order valence-corrected chi connectivity index (χ0v) is 10.3. The van der Waals surface area contributed by atoms with Crippen molar-refractivity contribution in [2.75, 3.05) is 7.11 Å². The SMILES string of the molecule is COC(C)(C)C(=O)NCc1cc(F)c(F)cc1F. The maximum atomic E-state index is 13.3. The highest BCUT2D eigenvalue weighted by atomic mass is 19.2. The zero-order valence-electron chi connectivity index (χ0n) is 10.3. The third kappa shape index (κ3) is 3.22. The van der Waals surface area contributed by atoms with Gasteiger partial charge in [-0.05, 0) is 19.9 Å². The second-order valence-corrected chi connectivity index (χ2v) is 4.25. The Kier molecular flexibility index (Phi) is 4.34. The first-order chi connectivity index (χ1) is 8.27. The molecule has 1 amide bonds. The molecule has 0 radical (unpaired) electrons. The third-order valence-corrected chi connectivity index (χ3v) is 2.59. The van der Waals surface area contributed by atoms with Gasteiger partial charge in [0.25, 0.3) is 5.91 Å². The van der Waals surface area contributed by atoms with Crippen LogP contribution in [-0.4, -0.2) is 18.6 Å². The molecule has 100 valence electrons. The second-order valence-electron chi connectivity index (χ2n) is 4.25. The molecule has 0 aliphatic rings. The zero-order chi connectivity index (χ0) is 13.9. The average Bonchev–Trinajstić information content (AvgIpc) is 2.31. The predicted molar refractivity (Wildman–Crippen MR) is 59.3 cm³/mol. The Labute approximate surface area is 103 Å². The van der Waals surface area contributed by atoms with E-state index >= 15 is 0 Å². The molecule has 3 nitrogen and oxygen atoms in total. The van der Waals surface area contributed by atoms with E-state index < -0.39 is 29.0 Å². The summed E-state index contributed by atoms with van der Waals surface area (Å²) in [5.74, 6) is -3.81. The maximum absolute atomic E-state index is 13.3. The lowest BCUT2D eigenvalue weighted by atomic mass is 10.1. The summed E-state index contributed by atoms with van der Waals surface area (Å²) >= 11 is 0. The number of carbonyl (C=O) groups excluding carboxylic acids is 1. The molecule has 0 spiro atoms.